The van der Waals surface area contributed by atoms with E-state index in [0.29, 0.717) is 13.1 Å². The molecule has 3 nitrogen and oxygen atoms in total. The number of nitrogens with zero attached hydrogens (tertiary/aromatic N) is 1. The third kappa shape index (κ3) is 1.41. The van der Waals surface area contributed by atoms with Crippen LogP contribution in [0.5, 0.6) is 0 Å². The van der Waals surface area contributed by atoms with Crippen LogP contribution in [0.4, 0.5) is 0 Å². The summed E-state index contributed by atoms with van der Waals surface area (Å²) < 4.78 is 2.04. The van der Waals surface area contributed by atoms with Crippen LogP contribution in [0.15, 0.2) is 30.5 Å². The first-order valence-corrected chi connectivity index (χ1v) is 4.74. The third-order valence-electron chi connectivity index (χ3n) is 2.46. The second-order valence-corrected chi connectivity index (χ2v) is 3.29. The van der Waals surface area contributed by atoms with E-state index >= 15 is 0 Å². The fourth-order valence-corrected chi connectivity index (χ4v) is 1.77. The van der Waals surface area contributed by atoms with Crippen molar-refractivity contribution in [2.45, 2.75) is 13.1 Å². The van der Waals surface area contributed by atoms with E-state index in [1.165, 1.54) is 5.39 Å². The fraction of sp³-hybridized carbons (Fsp3) is 0.273. The van der Waals surface area contributed by atoms with Gasteiger partial charge in [0.2, 0.25) is 0 Å². The van der Waals surface area contributed by atoms with Gasteiger partial charge in [0.05, 0.1) is 6.61 Å². The second-order valence-electron chi connectivity index (χ2n) is 3.29. The van der Waals surface area contributed by atoms with Crippen molar-refractivity contribution >= 4 is 10.9 Å². The number of aliphatic hydroxyl groups is 1. The van der Waals surface area contributed by atoms with Crippen molar-refractivity contribution in [2.24, 2.45) is 5.73 Å². The molecule has 0 radical (unpaired) electrons. The van der Waals surface area contributed by atoms with E-state index in [1.807, 2.05) is 35.0 Å². The normalized spacial score (nSPS) is 11.0. The molecule has 0 spiro atoms. The van der Waals surface area contributed by atoms with E-state index in [4.69, 9.17) is 10.8 Å². The number of rotatable bonds is 3. The first kappa shape index (κ1) is 9.24. The number of nitrogens with two attached hydrogens (primary N) is 1. The summed E-state index contributed by atoms with van der Waals surface area (Å²) in [7, 11) is 0. The minimum Gasteiger partial charge on any atom is -0.395 e. The molecule has 2 aromatic rings. The van der Waals surface area contributed by atoms with Gasteiger partial charge in [0.1, 0.15) is 0 Å². The summed E-state index contributed by atoms with van der Waals surface area (Å²) in [6.07, 6.45) is 1.99. The van der Waals surface area contributed by atoms with Gasteiger partial charge in [0, 0.05) is 30.2 Å². The molecule has 3 heteroatoms. The Morgan fingerprint density at radius 1 is 1.29 bits per heavy atom. The molecule has 0 aliphatic carbocycles. The predicted octanol–water partition coefficient (Wildman–Crippen LogP) is 1.09. The summed E-state index contributed by atoms with van der Waals surface area (Å²) in [5.74, 6) is 0. The van der Waals surface area contributed by atoms with Gasteiger partial charge in [-0.25, -0.2) is 0 Å². The maximum atomic E-state index is 8.88. The Morgan fingerprint density at radius 3 is 2.86 bits per heavy atom. The highest BCUT2D eigenvalue weighted by Crippen LogP contribution is 2.19. The van der Waals surface area contributed by atoms with E-state index in [0.717, 1.165) is 11.1 Å². The average molecular weight is 190 g/mol. The van der Waals surface area contributed by atoms with E-state index in [1.54, 1.807) is 0 Å². The fourth-order valence-electron chi connectivity index (χ4n) is 1.77. The molecule has 0 bridgehead atoms. The van der Waals surface area contributed by atoms with Gasteiger partial charge in [-0.1, -0.05) is 12.1 Å². The van der Waals surface area contributed by atoms with Crippen LogP contribution in [0.1, 0.15) is 5.56 Å². The largest absolute Gasteiger partial charge is 0.395 e. The van der Waals surface area contributed by atoms with Gasteiger partial charge in [-0.15, -0.1) is 0 Å². The Kier molecular flexibility index (Phi) is 2.52. The third-order valence-corrected chi connectivity index (χ3v) is 2.46. The number of fused-ring (bicyclic) bond motifs is 1. The Labute approximate surface area is 82.8 Å². The second kappa shape index (κ2) is 3.82. The maximum Gasteiger partial charge on any atom is 0.0610 e. The zero-order valence-corrected chi connectivity index (χ0v) is 7.98. The summed E-state index contributed by atoms with van der Waals surface area (Å²) in [5, 5.41) is 10.1. The first-order chi connectivity index (χ1) is 6.86. The van der Waals surface area contributed by atoms with Crippen LogP contribution in [0.25, 0.3) is 10.9 Å². The van der Waals surface area contributed by atoms with Crippen LogP contribution in [-0.2, 0) is 13.1 Å². The molecule has 3 N–H and O–H groups in total. The van der Waals surface area contributed by atoms with Crippen molar-refractivity contribution < 1.29 is 5.11 Å². The van der Waals surface area contributed by atoms with E-state index in [9.17, 15) is 0 Å². The van der Waals surface area contributed by atoms with Crippen molar-refractivity contribution in [1.29, 1.82) is 0 Å². The molecule has 0 amide bonds. The molecule has 0 aliphatic heterocycles. The van der Waals surface area contributed by atoms with Crippen LogP contribution in [0.3, 0.4) is 0 Å². The monoisotopic (exact) mass is 190 g/mol. The topological polar surface area (TPSA) is 51.2 Å². The zero-order chi connectivity index (χ0) is 9.97. The van der Waals surface area contributed by atoms with Gasteiger partial charge in [0.25, 0.3) is 0 Å². The summed E-state index contributed by atoms with van der Waals surface area (Å²) in [6, 6.07) is 8.13. The summed E-state index contributed by atoms with van der Waals surface area (Å²) in [4.78, 5) is 0. The van der Waals surface area contributed by atoms with Crippen molar-refractivity contribution in [3.05, 3.63) is 36.0 Å². The number of benzene rings is 1. The molecule has 0 saturated carbocycles. The number of hydrogen-bond donors (Lipinski definition) is 2. The van der Waals surface area contributed by atoms with Crippen LogP contribution >= 0.6 is 0 Å². The van der Waals surface area contributed by atoms with Crippen molar-refractivity contribution in [2.75, 3.05) is 6.61 Å². The van der Waals surface area contributed by atoms with E-state index < -0.39 is 0 Å². The lowest BCUT2D eigenvalue weighted by Crippen LogP contribution is -2.01. The standard InChI is InChI=1S/C11H14N2O/c12-8-9-2-1-3-11-10(9)4-5-13(11)6-7-14/h1-5,14H,6-8,12H2. The predicted molar refractivity (Wildman–Crippen MR) is 56.9 cm³/mol. The highest BCUT2D eigenvalue weighted by Gasteiger charge is 2.03. The van der Waals surface area contributed by atoms with Crippen LogP contribution in [-0.4, -0.2) is 16.3 Å². The Hall–Kier alpha value is -1.32. The number of aliphatic hydroxyl groups excluding tert-OH is 1. The zero-order valence-electron chi connectivity index (χ0n) is 7.98. The van der Waals surface area contributed by atoms with Gasteiger partial charge in [-0.2, -0.15) is 0 Å². The lowest BCUT2D eigenvalue weighted by molar-refractivity contribution is 0.278. The number of aromatic nitrogens is 1. The Morgan fingerprint density at radius 2 is 2.14 bits per heavy atom. The molecule has 0 aliphatic rings. The van der Waals surface area contributed by atoms with Gasteiger partial charge in [0.15, 0.2) is 0 Å². The molecule has 0 saturated heterocycles. The highest BCUT2D eigenvalue weighted by atomic mass is 16.3. The maximum absolute atomic E-state index is 8.88. The van der Waals surface area contributed by atoms with Crippen LogP contribution in [0, 0.1) is 0 Å². The quantitative estimate of drug-likeness (QED) is 0.761. The van der Waals surface area contributed by atoms with Gasteiger partial charge in [-0.05, 0) is 17.7 Å². The van der Waals surface area contributed by atoms with Crippen LogP contribution < -0.4 is 5.73 Å². The Bertz CT molecular complexity index is 434. The minimum atomic E-state index is 0.163. The number of hydrogen-bond acceptors (Lipinski definition) is 2. The molecule has 2 rings (SSSR count). The molecular formula is C11H14N2O. The molecular weight excluding hydrogens is 176 g/mol. The molecule has 0 fully saturated rings. The molecule has 0 atom stereocenters. The van der Waals surface area contributed by atoms with E-state index in [-0.39, 0.29) is 6.61 Å². The SMILES string of the molecule is NCc1cccc2c1ccn2CCO. The lowest BCUT2D eigenvalue weighted by Gasteiger charge is -2.03. The van der Waals surface area contributed by atoms with Crippen molar-refractivity contribution in [3.8, 4) is 0 Å². The van der Waals surface area contributed by atoms with Gasteiger partial charge >= 0.3 is 0 Å². The molecule has 14 heavy (non-hydrogen) atoms. The van der Waals surface area contributed by atoms with Crippen molar-refractivity contribution in [1.82, 2.24) is 4.57 Å². The summed E-state index contributed by atoms with van der Waals surface area (Å²) >= 11 is 0. The molecule has 0 unspecified atom stereocenters. The van der Waals surface area contributed by atoms with Gasteiger partial charge < -0.3 is 15.4 Å². The Balaban J connectivity index is 2.57. The van der Waals surface area contributed by atoms with Crippen LogP contribution in [0.2, 0.25) is 0 Å². The summed E-state index contributed by atoms with van der Waals surface area (Å²) in [5.41, 5.74) is 7.93. The minimum absolute atomic E-state index is 0.163. The van der Waals surface area contributed by atoms with E-state index in [2.05, 4.69) is 0 Å². The average Bonchev–Trinajstić information content (AvgIpc) is 2.62. The highest BCUT2D eigenvalue weighted by molar-refractivity contribution is 5.83. The first-order valence-electron chi connectivity index (χ1n) is 4.74. The molecule has 1 heterocycles. The molecule has 1 aromatic carbocycles. The lowest BCUT2D eigenvalue weighted by atomic mass is 10.1. The smallest absolute Gasteiger partial charge is 0.0610 e. The molecule has 1 aromatic heterocycles. The van der Waals surface area contributed by atoms with Crippen molar-refractivity contribution in [3.63, 3.8) is 0 Å². The molecule has 74 valence electrons. The summed E-state index contributed by atoms with van der Waals surface area (Å²) in [6.45, 7) is 1.36. The van der Waals surface area contributed by atoms with Gasteiger partial charge in [-0.3, -0.25) is 0 Å².